The highest BCUT2D eigenvalue weighted by molar-refractivity contribution is 4.92. The van der Waals surface area contributed by atoms with Gasteiger partial charge in [-0.1, -0.05) is 27.2 Å². The van der Waals surface area contributed by atoms with Crippen LogP contribution in [0.3, 0.4) is 0 Å². The highest BCUT2D eigenvalue weighted by atomic mass is 15.2. The van der Waals surface area contributed by atoms with Crippen molar-refractivity contribution in [2.75, 3.05) is 39.8 Å². The molecule has 2 N–H and O–H groups in total. The lowest BCUT2D eigenvalue weighted by Crippen LogP contribution is -2.49. The summed E-state index contributed by atoms with van der Waals surface area (Å²) in [5.41, 5.74) is 6.60. The first-order valence-electron chi connectivity index (χ1n) is 9.10. The summed E-state index contributed by atoms with van der Waals surface area (Å²) in [4.78, 5) is 5.26. The normalized spacial score (nSPS) is 33.9. The highest BCUT2D eigenvalue weighted by Crippen LogP contribution is 2.43. The molecule has 3 unspecified atom stereocenters. The minimum Gasteiger partial charge on any atom is -0.330 e. The lowest BCUT2D eigenvalue weighted by atomic mass is 9.65. The van der Waals surface area contributed by atoms with Crippen molar-refractivity contribution in [3.63, 3.8) is 0 Å². The fraction of sp³-hybridized carbons (Fsp3) is 1.00. The first-order chi connectivity index (χ1) is 9.97. The van der Waals surface area contributed by atoms with Gasteiger partial charge < -0.3 is 10.6 Å². The molecule has 3 heteroatoms. The van der Waals surface area contributed by atoms with Crippen LogP contribution in [-0.4, -0.2) is 55.6 Å². The molecule has 0 spiro atoms. The van der Waals surface area contributed by atoms with E-state index in [0.717, 1.165) is 24.4 Å². The quantitative estimate of drug-likeness (QED) is 0.865. The van der Waals surface area contributed by atoms with Gasteiger partial charge >= 0.3 is 0 Å². The van der Waals surface area contributed by atoms with Gasteiger partial charge in [-0.15, -0.1) is 0 Å². The van der Waals surface area contributed by atoms with Crippen LogP contribution in [0.2, 0.25) is 0 Å². The van der Waals surface area contributed by atoms with Crippen LogP contribution in [-0.2, 0) is 0 Å². The van der Waals surface area contributed by atoms with Gasteiger partial charge in [0.05, 0.1) is 0 Å². The van der Waals surface area contributed by atoms with E-state index >= 15 is 0 Å². The van der Waals surface area contributed by atoms with E-state index in [1.165, 1.54) is 58.3 Å². The van der Waals surface area contributed by atoms with Gasteiger partial charge in [0.1, 0.15) is 0 Å². The fourth-order valence-corrected chi connectivity index (χ4v) is 4.33. The molecule has 1 saturated carbocycles. The van der Waals surface area contributed by atoms with Gasteiger partial charge in [-0.25, -0.2) is 0 Å². The van der Waals surface area contributed by atoms with E-state index in [0.29, 0.717) is 5.41 Å². The van der Waals surface area contributed by atoms with Gasteiger partial charge in [0, 0.05) is 19.1 Å². The van der Waals surface area contributed by atoms with E-state index < -0.39 is 0 Å². The summed E-state index contributed by atoms with van der Waals surface area (Å²) >= 11 is 0. The van der Waals surface area contributed by atoms with Crippen LogP contribution in [0.5, 0.6) is 0 Å². The Morgan fingerprint density at radius 2 is 1.86 bits per heavy atom. The van der Waals surface area contributed by atoms with Crippen molar-refractivity contribution in [3.8, 4) is 0 Å². The molecule has 1 heterocycles. The molecule has 124 valence electrons. The van der Waals surface area contributed by atoms with Gasteiger partial charge in [-0.2, -0.15) is 0 Å². The molecule has 1 aliphatic heterocycles. The smallest absolute Gasteiger partial charge is 0.0139 e. The molecular formula is C18H37N3. The summed E-state index contributed by atoms with van der Waals surface area (Å²) in [5.74, 6) is 1.59. The molecular weight excluding hydrogens is 258 g/mol. The predicted molar refractivity (Wildman–Crippen MR) is 91.4 cm³/mol. The third-order valence-electron chi connectivity index (χ3n) is 6.50. The third kappa shape index (κ3) is 4.20. The summed E-state index contributed by atoms with van der Waals surface area (Å²) in [6.45, 7) is 13.1. The second kappa shape index (κ2) is 7.43. The Balaban J connectivity index is 2.05. The van der Waals surface area contributed by atoms with E-state index in [4.69, 9.17) is 5.73 Å². The van der Waals surface area contributed by atoms with Crippen LogP contribution in [0.15, 0.2) is 0 Å². The van der Waals surface area contributed by atoms with Crippen LogP contribution >= 0.6 is 0 Å². The zero-order chi connectivity index (χ0) is 15.5. The van der Waals surface area contributed by atoms with Gasteiger partial charge in [-0.3, -0.25) is 4.90 Å². The average molecular weight is 296 g/mol. The molecule has 0 aromatic carbocycles. The van der Waals surface area contributed by atoms with E-state index in [1.807, 2.05) is 0 Å². The molecule has 1 aliphatic carbocycles. The summed E-state index contributed by atoms with van der Waals surface area (Å²) in [7, 11) is 2.26. The minimum atomic E-state index is 0.487. The second-order valence-corrected chi connectivity index (χ2v) is 8.11. The van der Waals surface area contributed by atoms with Crippen molar-refractivity contribution in [2.24, 2.45) is 23.0 Å². The summed E-state index contributed by atoms with van der Waals surface area (Å²) in [6.07, 6.45) is 6.69. The maximum atomic E-state index is 6.12. The van der Waals surface area contributed by atoms with Crippen LogP contribution in [0, 0.1) is 17.3 Å². The molecule has 2 aliphatic rings. The number of nitrogens with zero attached hydrogens (tertiary/aromatic N) is 2. The Kier molecular flexibility index (Phi) is 6.10. The van der Waals surface area contributed by atoms with Crippen LogP contribution in [0.1, 0.15) is 52.9 Å². The SMILES string of the molecule is CCC(C)(C)C1CCC(CN)C(N2CCCN(C)CC2)C1. The van der Waals surface area contributed by atoms with Crippen molar-refractivity contribution >= 4 is 0 Å². The van der Waals surface area contributed by atoms with E-state index in [1.54, 1.807) is 0 Å². The molecule has 0 aromatic heterocycles. The van der Waals surface area contributed by atoms with Crippen LogP contribution in [0.25, 0.3) is 0 Å². The fourth-order valence-electron chi connectivity index (χ4n) is 4.33. The monoisotopic (exact) mass is 295 g/mol. The lowest BCUT2D eigenvalue weighted by molar-refractivity contribution is 0.0396. The molecule has 0 bridgehead atoms. The number of hydrogen-bond acceptors (Lipinski definition) is 3. The molecule has 2 rings (SSSR count). The molecule has 0 radical (unpaired) electrons. The standard InChI is InChI=1S/C18H37N3/c1-5-18(2,3)16-8-7-15(14-19)17(13-16)21-10-6-9-20(4)11-12-21/h15-17H,5-14,19H2,1-4H3. The van der Waals surface area contributed by atoms with Crippen molar-refractivity contribution in [2.45, 2.75) is 58.9 Å². The second-order valence-electron chi connectivity index (χ2n) is 8.11. The number of hydrogen-bond donors (Lipinski definition) is 1. The topological polar surface area (TPSA) is 32.5 Å². The van der Waals surface area contributed by atoms with Crippen molar-refractivity contribution < 1.29 is 0 Å². The van der Waals surface area contributed by atoms with Crippen molar-refractivity contribution in [1.29, 1.82) is 0 Å². The first kappa shape index (κ1) is 17.2. The average Bonchev–Trinajstić information content (AvgIpc) is 2.71. The molecule has 0 amide bonds. The van der Waals surface area contributed by atoms with E-state index in [9.17, 15) is 0 Å². The van der Waals surface area contributed by atoms with Gasteiger partial charge in [0.25, 0.3) is 0 Å². The predicted octanol–water partition coefficient (Wildman–Crippen LogP) is 2.80. The molecule has 21 heavy (non-hydrogen) atoms. The van der Waals surface area contributed by atoms with E-state index in [2.05, 4.69) is 37.6 Å². The summed E-state index contributed by atoms with van der Waals surface area (Å²) < 4.78 is 0. The molecule has 1 saturated heterocycles. The van der Waals surface area contributed by atoms with Gasteiger partial charge in [0.2, 0.25) is 0 Å². The van der Waals surface area contributed by atoms with Crippen LogP contribution in [0.4, 0.5) is 0 Å². The molecule has 3 atom stereocenters. The number of nitrogens with two attached hydrogens (primary N) is 1. The van der Waals surface area contributed by atoms with Gasteiger partial charge in [-0.05, 0) is 69.6 Å². The third-order valence-corrected chi connectivity index (χ3v) is 6.50. The maximum Gasteiger partial charge on any atom is 0.0139 e. The zero-order valence-corrected chi connectivity index (χ0v) is 14.8. The Hall–Kier alpha value is -0.120. The highest BCUT2D eigenvalue weighted by Gasteiger charge is 2.39. The Labute approximate surface area is 132 Å². The lowest BCUT2D eigenvalue weighted by Gasteiger charge is -2.46. The molecule has 2 fully saturated rings. The summed E-state index contributed by atoms with van der Waals surface area (Å²) in [5, 5.41) is 0. The first-order valence-corrected chi connectivity index (χ1v) is 9.10. The molecule has 0 aromatic rings. The largest absolute Gasteiger partial charge is 0.330 e. The molecule has 3 nitrogen and oxygen atoms in total. The Morgan fingerprint density at radius 3 is 2.52 bits per heavy atom. The van der Waals surface area contributed by atoms with Gasteiger partial charge in [0.15, 0.2) is 0 Å². The van der Waals surface area contributed by atoms with Crippen molar-refractivity contribution in [1.82, 2.24) is 9.80 Å². The Morgan fingerprint density at radius 1 is 1.10 bits per heavy atom. The summed E-state index contributed by atoms with van der Waals surface area (Å²) in [6, 6.07) is 0.728. The van der Waals surface area contributed by atoms with E-state index in [-0.39, 0.29) is 0 Å². The number of rotatable bonds is 4. The Bertz CT molecular complexity index is 316. The van der Waals surface area contributed by atoms with Crippen LogP contribution < -0.4 is 5.73 Å². The minimum absolute atomic E-state index is 0.487. The number of likely N-dealkylation sites (N-methyl/N-ethyl adjacent to an activating group) is 1. The van der Waals surface area contributed by atoms with Crippen molar-refractivity contribution in [3.05, 3.63) is 0 Å². The zero-order valence-electron chi connectivity index (χ0n) is 14.8. The maximum absolute atomic E-state index is 6.12.